The Bertz CT molecular complexity index is 432. The molecule has 2 rings (SSSR count). The number of hydrogen-bond donors (Lipinski definition) is 0. The molecule has 0 N–H and O–H groups in total. The number of benzene rings is 2. The summed E-state index contributed by atoms with van der Waals surface area (Å²) in [5.41, 5.74) is 1.11. The van der Waals surface area contributed by atoms with Gasteiger partial charge in [0.05, 0.1) is 5.02 Å². The molecule has 13 heavy (non-hydrogen) atoms. The molecule has 0 fully saturated rings. The zero-order valence-corrected chi connectivity index (χ0v) is 8.01. The average Bonchev–Trinajstić information content (AvgIpc) is 2.19. The van der Waals surface area contributed by atoms with E-state index in [-0.39, 0.29) is 0 Å². The SMILES string of the molecule is [CH2]Cc1ccc2ccccc2c1Cl. The number of halogens is 1. The molecule has 2 aromatic carbocycles. The van der Waals surface area contributed by atoms with E-state index in [1.54, 1.807) is 0 Å². The molecular formula is C12H10Cl. The first kappa shape index (κ1) is 8.58. The fourth-order valence-corrected chi connectivity index (χ4v) is 1.80. The minimum Gasteiger partial charge on any atom is -0.0834 e. The maximum Gasteiger partial charge on any atom is 0.0516 e. The zero-order chi connectivity index (χ0) is 9.26. The Hall–Kier alpha value is -1.01. The van der Waals surface area contributed by atoms with Crippen LogP contribution in [-0.2, 0) is 6.42 Å². The van der Waals surface area contributed by atoms with E-state index in [1.165, 1.54) is 5.39 Å². The largest absolute Gasteiger partial charge is 0.0834 e. The maximum atomic E-state index is 6.20. The Morgan fingerprint density at radius 3 is 2.62 bits per heavy atom. The molecule has 0 saturated carbocycles. The van der Waals surface area contributed by atoms with Gasteiger partial charge < -0.3 is 0 Å². The summed E-state index contributed by atoms with van der Waals surface area (Å²) in [5, 5.41) is 3.14. The average molecular weight is 190 g/mol. The van der Waals surface area contributed by atoms with Crippen LogP contribution in [-0.4, -0.2) is 0 Å². The molecule has 65 valence electrons. The lowest BCUT2D eigenvalue weighted by molar-refractivity contribution is 1.28. The van der Waals surface area contributed by atoms with Crippen LogP contribution in [0.25, 0.3) is 10.8 Å². The fourth-order valence-electron chi connectivity index (χ4n) is 1.47. The van der Waals surface area contributed by atoms with Crippen LogP contribution in [0.15, 0.2) is 36.4 Å². The summed E-state index contributed by atoms with van der Waals surface area (Å²) in [7, 11) is 0. The Balaban J connectivity index is 2.79. The highest BCUT2D eigenvalue weighted by Gasteiger charge is 2.02. The van der Waals surface area contributed by atoms with Gasteiger partial charge in [-0.05, 0) is 24.3 Å². The third kappa shape index (κ3) is 1.42. The van der Waals surface area contributed by atoms with Crippen molar-refractivity contribution in [2.45, 2.75) is 6.42 Å². The smallest absolute Gasteiger partial charge is 0.0516 e. The van der Waals surface area contributed by atoms with Crippen LogP contribution in [0.2, 0.25) is 5.02 Å². The van der Waals surface area contributed by atoms with Gasteiger partial charge in [0.25, 0.3) is 0 Å². The van der Waals surface area contributed by atoms with E-state index in [9.17, 15) is 0 Å². The Morgan fingerprint density at radius 1 is 1.08 bits per heavy atom. The van der Waals surface area contributed by atoms with Gasteiger partial charge in [-0.2, -0.15) is 0 Å². The quantitative estimate of drug-likeness (QED) is 0.639. The third-order valence-corrected chi connectivity index (χ3v) is 2.66. The molecular weight excluding hydrogens is 180 g/mol. The van der Waals surface area contributed by atoms with Gasteiger partial charge in [0.2, 0.25) is 0 Å². The molecule has 0 aliphatic carbocycles. The molecule has 0 saturated heterocycles. The van der Waals surface area contributed by atoms with Crippen molar-refractivity contribution in [3.63, 3.8) is 0 Å². The molecule has 2 aromatic rings. The topological polar surface area (TPSA) is 0 Å². The lowest BCUT2D eigenvalue weighted by atomic mass is 10.1. The molecule has 0 spiro atoms. The van der Waals surface area contributed by atoms with Gasteiger partial charge in [-0.1, -0.05) is 48.0 Å². The summed E-state index contributed by atoms with van der Waals surface area (Å²) in [6.07, 6.45) is 0.740. The van der Waals surface area contributed by atoms with Gasteiger partial charge in [-0.15, -0.1) is 0 Å². The van der Waals surface area contributed by atoms with Crippen molar-refractivity contribution >= 4 is 22.4 Å². The van der Waals surface area contributed by atoms with Crippen molar-refractivity contribution in [1.29, 1.82) is 0 Å². The first-order valence-electron chi connectivity index (χ1n) is 4.28. The highest BCUT2D eigenvalue weighted by Crippen LogP contribution is 2.27. The number of rotatable bonds is 1. The van der Waals surface area contributed by atoms with Gasteiger partial charge in [-0.25, -0.2) is 0 Å². The lowest BCUT2D eigenvalue weighted by Crippen LogP contribution is -1.83. The van der Waals surface area contributed by atoms with Crippen LogP contribution in [0.5, 0.6) is 0 Å². The van der Waals surface area contributed by atoms with Crippen LogP contribution in [0.3, 0.4) is 0 Å². The minimum absolute atomic E-state index is 0.740. The van der Waals surface area contributed by atoms with Crippen LogP contribution < -0.4 is 0 Å². The van der Waals surface area contributed by atoms with Crippen molar-refractivity contribution in [2.75, 3.05) is 0 Å². The highest BCUT2D eigenvalue weighted by atomic mass is 35.5. The molecule has 0 aromatic heterocycles. The molecule has 0 bridgehead atoms. The summed E-state index contributed by atoms with van der Waals surface area (Å²) >= 11 is 6.20. The monoisotopic (exact) mass is 189 g/mol. The van der Waals surface area contributed by atoms with Gasteiger partial charge in [0, 0.05) is 5.39 Å². The standard InChI is InChI=1S/C12H10Cl/c1-2-9-7-8-10-5-3-4-6-11(10)12(9)13/h3-8H,1-2H2. The Kier molecular flexibility index (Phi) is 2.24. The summed E-state index contributed by atoms with van der Waals surface area (Å²) in [6, 6.07) is 12.2. The van der Waals surface area contributed by atoms with E-state index in [0.29, 0.717) is 0 Å². The Labute approximate surface area is 83.1 Å². The second-order valence-electron chi connectivity index (χ2n) is 3.01. The summed E-state index contributed by atoms with van der Waals surface area (Å²) in [4.78, 5) is 0. The first-order chi connectivity index (χ1) is 6.33. The highest BCUT2D eigenvalue weighted by molar-refractivity contribution is 6.36. The van der Waals surface area contributed by atoms with E-state index in [4.69, 9.17) is 11.6 Å². The second kappa shape index (κ2) is 3.39. The van der Waals surface area contributed by atoms with Crippen molar-refractivity contribution in [3.05, 3.63) is 53.9 Å². The van der Waals surface area contributed by atoms with E-state index < -0.39 is 0 Å². The number of hydrogen-bond acceptors (Lipinski definition) is 0. The predicted octanol–water partition coefficient (Wildman–Crippen LogP) is 3.87. The summed E-state index contributed by atoms with van der Waals surface area (Å²) < 4.78 is 0. The molecule has 1 heteroatoms. The van der Waals surface area contributed by atoms with Crippen LogP contribution in [0.1, 0.15) is 5.56 Å². The van der Waals surface area contributed by atoms with Gasteiger partial charge in [0.1, 0.15) is 0 Å². The van der Waals surface area contributed by atoms with Crippen molar-refractivity contribution in [3.8, 4) is 0 Å². The maximum absolute atomic E-state index is 6.20. The van der Waals surface area contributed by atoms with Crippen LogP contribution >= 0.6 is 11.6 Å². The van der Waals surface area contributed by atoms with Crippen molar-refractivity contribution in [2.24, 2.45) is 0 Å². The molecule has 0 aliphatic rings. The molecule has 0 unspecified atom stereocenters. The fraction of sp³-hybridized carbons (Fsp3) is 0.0833. The van der Waals surface area contributed by atoms with E-state index in [1.807, 2.05) is 24.3 Å². The molecule has 0 heterocycles. The molecule has 1 radical (unpaired) electrons. The van der Waals surface area contributed by atoms with Crippen LogP contribution in [0, 0.1) is 6.92 Å². The predicted molar refractivity (Wildman–Crippen MR) is 58.0 cm³/mol. The minimum atomic E-state index is 0.740. The van der Waals surface area contributed by atoms with E-state index >= 15 is 0 Å². The van der Waals surface area contributed by atoms with Crippen molar-refractivity contribution in [1.82, 2.24) is 0 Å². The van der Waals surface area contributed by atoms with Crippen LogP contribution in [0.4, 0.5) is 0 Å². The lowest BCUT2D eigenvalue weighted by Gasteiger charge is -2.04. The van der Waals surface area contributed by atoms with Gasteiger partial charge in [0.15, 0.2) is 0 Å². The van der Waals surface area contributed by atoms with Gasteiger partial charge in [-0.3, -0.25) is 0 Å². The zero-order valence-electron chi connectivity index (χ0n) is 7.26. The van der Waals surface area contributed by atoms with E-state index in [2.05, 4.69) is 19.1 Å². The van der Waals surface area contributed by atoms with Gasteiger partial charge >= 0.3 is 0 Å². The number of fused-ring (bicyclic) bond motifs is 1. The van der Waals surface area contributed by atoms with E-state index in [0.717, 1.165) is 22.4 Å². The normalized spacial score (nSPS) is 10.6. The Morgan fingerprint density at radius 2 is 1.85 bits per heavy atom. The van der Waals surface area contributed by atoms with Crippen molar-refractivity contribution < 1.29 is 0 Å². The second-order valence-corrected chi connectivity index (χ2v) is 3.39. The third-order valence-electron chi connectivity index (χ3n) is 2.21. The first-order valence-corrected chi connectivity index (χ1v) is 4.66. The summed E-state index contributed by atoms with van der Waals surface area (Å²) in [5.74, 6) is 0. The molecule has 0 nitrogen and oxygen atoms in total. The molecule has 0 atom stereocenters. The molecule has 0 aliphatic heterocycles. The summed E-state index contributed by atoms with van der Waals surface area (Å²) in [6.45, 7) is 3.84. The molecule has 0 amide bonds.